The molecule has 0 atom stereocenters. The summed E-state index contributed by atoms with van der Waals surface area (Å²) in [7, 11) is -0.565. The highest BCUT2D eigenvalue weighted by Crippen LogP contribution is 2.36. The number of hydrogen-bond donors (Lipinski definition) is 0. The minimum absolute atomic E-state index is 0.200. The van der Waals surface area contributed by atoms with Crippen LogP contribution in [-0.4, -0.2) is 33.1 Å². The minimum Gasteiger partial charge on any atom is -0.398 e. The maximum Gasteiger partial charge on any atom is 0.514 e. The Morgan fingerprint density at radius 1 is 1.09 bits per heavy atom. The van der Waals surface area contributed by atoms with E-state index in [2.05, 4.69) is 10.1 Å². The van der Waals surface area contributed by atoms with E-state index < -0.39 is 18.3 Å². The van der Waals surface area contributed by atoms with Crippen molar-refractivity contribution in [3.8, 4) is 5.69 Å². The zero-order chi connectivity index (χ0) is 16.0. The highest BCUT2D eigenvalue weighted by atomic mass is 16.7. The van der Waals surface area contributed by atoms with E-state index in [-0.39, 0.29) is 5.56 Å². The zero-order valence-electron chi connectivity index (χ0n) is 13.1. The molecule has 0 spiro atoms. The van der Waals surface area contributed by atoms with Gasteiger partial charge in [0, 0.05) is 18.5 Å². The number of hydrogen-bond acceptors (Lipinski definition) is 5. The Morgan fingerprint density at radius 2 is 1.77 bits per heavy atom. The van der Waals surface area contributed by atoms with Gasteiger partial charge in [0.05, 0.1) is 22.5 Å². The highest BCUT2D eigenvalue weighted by molar-refractivity contribution is 6.61. The summed E-state index contributed by atoms with van der Waals surface area (Å²) in [4.78, 5) is 16.2. The van der Waals surface area contributed by atoms with Gasteiger partial charge in [-0.25, -0.2) is 0 Å². The van der Waals surface area contributed by atoms with Gasteiger partial charge in [-0.15, -0.1) is 0 Å². The van der Waals surface area contributed by atoms with Gasteiger partial charge in [0.1, 0.15) is 0 Å². The third-order valence-corrected chi connectivity index (χ3v) is 4.22. The van der Waals surface area contributed by atoms with Crippen LogP contribution in [0.2, 0.25) is 0 Å². The van der Waals surface area contributed by atoms with E-state index in [4.69, 9.17) is 9.31 Å². The van der Waals surface area contributed by atoms with Crippen molar-refractivity contribution in [3.05, 3.63) is 47.0 Å². The standard InChI is InChI=1S/C15H18BN3O3/c1-14(2)15(3,4)22-16(21-14)12-10-11(7-9-17-12)19-13(20)6-5-8-18-19/h5-10H,1-4H3. The van der Waals surface area contributed by atoms with Crippen LogP contribution in [0.3, 0.4) is 0 Å². The molecule has 0 radical (unpaired) electrons. The van der Waals surface area contributed by atoms with Crippen molar-refractivity contribution in [2.24, 2.45) is 0 Å². The van der Waals surface area contributed by atoms with Gasteiger partial charge in [0.25, 0.3) is 5.56 Å². The second kappa shape index (κ2) is 5.03. The summed E-state index contributed by atoms with van der Waals surface area (Å²) in [6, 6.07) is 6.55. The monoisotopic (exact) mass is 299 g/mol. The fourth-order valence-corrected chi connectivity index (χ4v) is 2.21. The van der Waals surface area contributed by atoms with Crippen molar-refractivity contribution >= 4 is 12.7 Å². The molecule has 1 saturated heterocycles. The van der Waals surface area contributed by atoms with Crippen molar-refractivity contribution in [1.29, 1.82) is 0 Å². The van der Waals surface area contributed by atoms with Gasteiger partial charge in [-0.05, 0) is 45.9 Å². The van der Waals surface area contributed by atoms with Crippen molar-refractivity contribution in [2.45, 2.75) is 38.9 Å². The quantitative estimate of drug-likeness (QED) is 0.772. The second-order valence-corrected chi connectivity index (χ2v) is 6.30. The number of pyridine rings is 1. The molecule has 0 unspecified atom stereocenters. The van der Waals surface area contributed by atoms with Crippen molar-refractivity contribution in [3.63, 3.8) is 0 Å². The molecule has 1 fully saturated rings. The summed E-state index contributed by atoms with van der Waals surface area (Å²) < 4.78 is 13.3. The Bertz CT molecular complexity index is 741. The summed E-state index contributed by atoms with van der Waals surface area (Å²) in [5, 5.41) is 4.07. The van der Waals surface area contributed by atoms with Crippen molar-refractivity contribution in [1.82, 2.24) is 14.8 Å². The van der Waals surface area contributed by atoms with Crippen LogP contribution in [0.5, 0.6) is 0 Å². The van der Waals surface area contributed by atoms with Crippen molar-refractivity contribution in [2.75, 3.05) is 0 Å². The van der Waals surface area contributed by atoms with Crippen LogP contribution in [-0.2, 0) is 9.31 Å². The molecule has 114 valence electrons. The lowest BCUT2D eigenvalue weighted by molar-refractivity contribution is 0.00578. The molecular weight excluding hydrogens is 281 g/mol. The first-order chi connectivity index (χ1) is 10.3. The van der Waals surface area contributed by atoms with Crippen LogP contribution < -0.4 is 11.2 Å². The Morgan fingerprint density at radius 3 is 2.41 bits per heavy atom. The molecule has 2 aromatic rings. The van der Waals surface area contributed by atoms with E-state index in [0.717, 1.165) is 0 Å². The molecule has 3 heterocycles. The maximum atomic E-state index is 11.9. The van der Waals surface area contributed by atoms with Gasteiger partial charge >= 0.3 is 7.12 Å². The average molecular weight is 299 g/mol. The fraction of sp³-hybridized carbons (Fsp3) is 0.400. The number of rotatable bonds is 2. The molecule has 1 aliphatic heterocycles. The summed E-state index contributed by atoms with van der Waals surface area (Å²) in [5.74, 6) is 0. The van der Waals surface area contributed by atoms with Gasteiger partial charge in [0.2, 0.25) is 0 Å². The van der Waals surface area contributed by atoms with Gasteiger partial charge in [-0.2, -0.15) is 9.78 Å². The first-order valence-corrected chi connectivity index (χ1v) is 7.16. The molecule has 0 aliphatic carbocycles. The largest absolute Gasteiger partial charge is 0.514 e. The van der Waals surface area contributed by atoms with Gasteiger partial charge in [-0.1, -0.05) is 0 Å². The van der Waals surface area contributed by atoms with E-state index in [1.807, 2.05) is 27.7 Å². The minimum atomic E-state index is -0.565. The first-order valence-electron chi connectivity index (χ1n) is 7.16. The molecule has 3 rings (SSSR count). The molecule has 0 amide bonds. The molecular formula is C15H18BN3O3. The second-order valence-electron chi connectivity index (χ2n) is 6.30. The summed E-state index contributed by atoms with van der Waals surface area (Å²) in [5.41, 5.74) is 0.182. The topological polar surface area (TPSA) is 66.2 Å². The average Bonchev–Trinajstić information content (AvgIpc) is 2.68. The van der Waals surface area contributed by atoms with E-state index in [1.54, 1.807) is 30.6 Å². The van der Waals surface area contributed by atoms with Crippen LogP contribution in [0.1, 0.15) is 27.7 Å². The van der Waals surface area contributed by atoms with Crippen LogP contribution >= 0.6 is 0 Å². The highest BCUT2D eigenvalue weighted by Gasteiger charge is 2.52. The Balaban J connectivity index is 1.97. The lowest BCUT2D eigenvalue weighted by atomic mass is 9.84. The summed E-state index contributed by atoms with van der Waals surface area (Å²) >= 11 is 0. The Kier molecular flexibility index (Phi) is 3.42. The lowest BCUT2D eigenvalue weighted by Gasteiger charge is -2.32. The fourth-order valence-electron chi connectivity index (χ4n) is 2.21. The van der Waals surface area contributed by atoms with Crippen LogP contribution in [0.4, 0.5) is 0 Å². The van der Waals surface area contributed by atoms with Crippen LogP contribution in [0, 0.1) is 0 Å². The van der Waals surface area contributed by atoms with Crippen LogP contribution in [0.15, 0.2) is 41.5 Å². The third-order valence-electron chi connectivity index (χ3n) is 4.22. The Hall–Kier alpha value is -1.99. The van der Waals surface area contributed by atoms with Gasteiger partial charge < -0.3 is 9.31 Å². The summed E-state index contributed by atoms with van der Waals surface area (Å²) in [6.07, 6.45) is 3.19. The first kappa shape index (κ1) is 14.9. The molecule has 0 N–H and O–H groups in total. The predicted molar refractivity (Wildman–Crippen MR) is 83.3 cm³/mol. The van der Waals surface area contributed by atoms with Gasteiger partial charge in [-0.3, -0.25) is 9.78 Å². The molecule has 1 aliphatic rings. The molecule has 6 nitrogen and oxygen atoms in total. The third kappa shape index (κ3) is 2.46. The summed E-state index contributed by atoms with van der Waals surface area (Å²) in [6.45, 7) is 7.94. The normalized spacial score (nSPS) is 19.4. The van der Waals surface area contributed by atoms with E-state index in [1.165, 1.54) is 10.7 Å². The van der Waals surface area contributed by atoms with E-state index in [0.29, 0.717) is 11.3 Å². The molecule has 7 heteroatoms. The smallest absolute Gasteiger partial charge is 0.398 e. The van der Waals surface area contributed by atoms with Crippen LogP contribution in [0.25, 0.3) is 5.69 Å². The van der Waals surface area contributed by atoms with E-state index >= 15 is 0 Å². The molecule has 0 aromatic carbocycles. The predicted octanol–water partition coefficient (Wildman–Crippen LogP) is 0.927. The van der Waals surface area contributed by atoms with Gasteiger partial charge in [0.15, 0.2) is 0 Å². The molecule has 0 saturated carbocycles. The van der Waals surface area contributed by atoms with E-state index in [9.17, 15) is 4.79 Å². The molecule has 22 heavy (non-hydrogen) atoms. The zero-order valence-corrected chi connectivity index (χ0v) is 13.1. The molecule has 2 aromatic heterocycles. The maximum absolute atomic E-state index is 11.9. The number of aromatic nitrogens is 3. The van der Waals surface area contributed by atoms with Crippen molar-refractivity contribution < 1.29 is 9.31 Å². The Labute approximate surface area is 129 Å². The SMILES string of the molecule is CC1(C)OB(c2cc(-n3ncccc3=O)ccn2)OC1(C)C. The lowest BCUT2D eigenvalue weighted by Crippen LogP contribution is -2.41. The molecule has 0 bridgehead atoms. The number of nitrogens with zero attached hydrogens (tertiary/aromatic N) is 3.